The van der Waals surface area contributed by atoms with Gasteiger partial charge in [-0.15, -0.1) is 0 Å². The van der Waals surface area contributed by atoms with Gasteiger partial charge in [0, 0.05) is 17.9 Å². The summed E-state index contributed by atoms with van der Waals surface area (Å²) in [6.45, 7) is 0. The van der Waals surface area contributed by atoms with Crippen molar-refractivity contribution in [2.75, 3.05) is 14.2 Å². The first-order valence-corrected chi connectivity index (χ1v) is 7.67. The van der Waals surface area contributed by atoms with Crippen molar-refractivity contribution in [2.24, 2.45) is 0 Å². The molecule has 0 unspecified atom stereocenters. The average molecular weight is 349 g/mol. The minimum Gasteiger partial charge on any atom is -0.493 e. The van der Waals surface area contributed by atoms with Crippen LogP contribution in [0.5, 0.6) is 11.5 Å². The lowest BCUT2D eigenvalue weighted by molar-refractivity contribution is 0.355. The van der Waals surface area contributed by atoms with Gasteiger partial charge in [0.05, 0.1) is 35.5 Å². The lowest BCUT2D eigenvalue weighted by atomic mass is 10.1. The highest BCUT2D eigenvalue weighted by molar-refractivity contribution is 6.42. The Balaban J connectivity index is 2.08. The van der Waals surface area contributed by atoms with Gasteiger partial charge in [0.1, 0.15) is 6.33 Å². The predicted octanol–water partition coefficient (Wildman–Crippen LogP) is 4.54. The van der Waals surface area contributed by atoms with Crippen molar-refractivity contribution in [1.82, 2.24) is 9.97 Å². The summed E-state index contributed by atoms with van der Waals surface area (Å²) in [6, 6.07) is 9.29. The second-order valence-corrected chi connectivity index (χ2v) is 5.78. The number of rotatable bonds is 4. The summed E-state index contributed by atoms with van der Waals surface area (Å²) in [6.07, 6.45) is 2.16. The molecule has 1 aromatic heterocycles. The third-order valence-corrected chi connectivity index (χ3v) is 4.32. The molecule has 0 atom stereocenters. The predicted molar refractivity (Wildman–Crippen MR) is 91.9 cm³/mol. The maximum Gasteiger partial charge on any atom is 0.162 e. The molecule has 2 aromatic carbocycles. The Kier molecular flexibility index (Phi) is 4.55. The van der Waals surface area contributed by atoms with Crippen molar-refractivity contribution >= 4 is 34.1 Å². The van der Waals surface area contributed by atoms with Crippen LogP contribution in [0.25, 0.3) is 10.9 Å². The zero-order valence-electron chi connectivity index (χ0n) is 12.6. The van der Waals surface area contributed by atoms with Gasteiger partial charge in [0.25, 0.3) is 0 Å². The van der Waals surface area contributed by atoms with E-state index >= 15 is 0 Å². The summed E-state index contributed by atoms with van der Waals surface area (Å²) in [5.74, 6) is 1.28. The van der Waals surface area contributed by atoms with Crippen LogP contribution < -0.4 is 9.47 Å². The van der Waals surface area contributed by atoms with Gasteiger partial charge in [-0.3, -0.25) is 0 Å². The van der Waals surface area contributed by atoms with Crippen LogP contribution in [0.3, 0.4) is 0 Å². The van der Waals surface area contributed by atoms with Crippen LogP contribution in [-0.4, -0.2) is 24.2 Å². The Morgan fingerprint density at radius 2 is 1.65 bits per heavy atom. The molecule has 0 N–H and O–H groups in total. The first-order chi connectivity index (χ1) is 11.1. The zero-order chi connectivity index (χ0) is 16.4. The van der Waals surface area contributed by atoms with Gasteiger partial charge in [0.2, 0.25) is 0 Å². The molecule has 3 rings (SSSR count). The zero-order valence-corrected chi connectivity index (χ0v) is 14.1. The van der Waals surface area contributed by atoms with Gasteiger partial charge in [-0.2, -0.15) is 0 Å². The molecule has 118 valence electrons. The van der Waals surface area contributed by atoms with E-state index in [4.69, 9.17) is 32.7 Å². The molecule has 1 heterocycles. The van der Waals surface area contributed by atoms with Crippen molar-refractivity contribution in [3.63, 3.8) is 0 Å². The minimum atomic E-state index is 0.529. The Morgan fingerprint density at radius 1 is 0.913 bits per heavy atom. The van der Waals surface area contributed by atoms with Crippen LogP contribution in [0.4, 0.5) is 0 Å². The third-order valence-electron chi connectivity index (χ3n) is 3.58. The summed E-state index contributed by atoms with van der Waals surface area (Å²) in [7, 11) is 3.20. The van der Waals surface area contributed by atoms with E-state index in [1.54, 1.807) is 26.6 Å². The molecule has 0 spiro atoms. The smallest absolute Gasteiger partial charge is 0.162 e. The number of fused-ring (bicyclic) bond motifs is 1. The number of benzene rings is 2. The number of aromatic nitrogens is 2. The number of methoxy groups -OCH3 is 2. The first-order valence-electron chi connectivity index (χ1n) is 6.92. The Bertz CT molecular complexity index is 869. The van der Waals surface area contributed by atoms with Gasteiger partial charge in [-0.25, -0.2) is 9.97 Å². The molecule has 3 aromatic rings. The molecular formula is C17H14Cl2N2O2. The molecule has 0 aliphatic carbocycles. The molecule has 0 aliphatic rings. The maximum atomic E-state index is 6.08. The molecule has 0 fully saturated rings. The Morgan fingerprint density at radius 3 is 2.35 bits per heavy atom. The second kappa shape index (κ2) is 6.60. The molecule has 0 saturated heterocycles. The van der Waals surface area contributed by atoms with E-state index in [9.17, 15) is 0 Å². The summed E-state index contributed by atoms with van der Waals surface area (Å²) >= 11 is 12.0. The molecule has 23 heavy (non-hydrogen) atoms. The van der Waals surface area contributed by atoms with Crippen molar-refractivity contribution in [2.45, 2.75) is 6.42 Å². The molecule has 0 saturated carbocycles. The summed E-state index contributed by atoms with van der Waals surface area (Å²) in [4.78, 5) is 8.71. The molecule has 6 heteroatoms. The highest BCUT2D eigenvalue weighted by atomic mass is 35.5. The van der Waals surface area contributed by atoms with E-state index in [0.717, 1.165) is 22.2 Å². The summed E-state index contributed by atoms with van der Waals surface area (Å²) in [5.41, 5.74) is 2.70. The normalized spacial score (nSPS) is 10.8. The van der Waals surface area contributed by atoms with Crippen LogP contribution in [-0.2, 0) is 6.42 Å². The third kappa shape index (κ3) is 3.19. The van der Waals surface area contributed by atoms with E-state index < -0.39 is 0 Å². The van der Waals surface area contributed by atoms with Crippen molar-refractivity contribution < 1.29 is 9.47 Å². The number of hydrogen-bond acceptors (Lipinski definition) is 4. The molecule has 0 bridgehead atoms. The van der Waals surface area contributed by atoms with E-state index in [1.807, 2.05) is 24.3 Å². The summed E-state index contributed by atoms with van der Waals surface area (Å²) < 4.78 is 10.7. The van der Waals surface area contributed by atoms with Crippen molar-refractivity contribution in [1.29, 1.82) is 0 Å². The highest BCUT2D eigenvalue weighted by Crippen LogP contribution is 2.33. The lowest BCUT2D eigenvalue weighted by Gasteiger charge is -2.11. The second-order valence-electron chi connectivity index (χ2n) is 4.97. The number of nitrogens with zero attached hydrogens (tertiary/aromatic N) is 2. The van der Waals surface area contributed by atoms with Crippen LogP contribution in [0.15, 0.2) is 36.7 Å². The lowest BCUT2D eigenvalue weighted by Crippen LogP contribution is -1.98. The van der Waals surface area contributed by atoms with Gasteiger partial charge in [0.15, 0.2) is 11.5 Å². The van der Waals surface area contributed by atoms with Gasteiger partial charge in [-0.05, 0) is 23.8 Å². The van der Waals surface area contributed by atoms with Crippen molar-refractivity contribution in [3.8, 4) is 11.5 Å². The Labute approximate surface area is 144 Å². The fraction of sp³-hybridized carbons (Fsp3) is 0.176. The average Bonchev–Trinajstić information content (AvgIpc) is 2.57. The molecule has 4 nitrogen and oxygen atoms in total. The van der Waals surface area contributed by atoms with E-state index in [2.05, 4.69) is 9.97 Å². The van der Waals surface area contributed by atoms with E-state index in [0.29, 0.717) is 28.0 Å². The summed E-state index contributed by atoms with van der Waals surface area (Å²) in [5, 5.41) is 1.98. The Hall–Kier alpha value is -2.04. The quantitative estimate of drug-likeness (QED) is 0.693. The standard InChI is InChI=1S/C17H14Cl2N2O2/c1-22-16-7-11-14(6-10-3-4-12(18)13(19)5-10)20-9-21-15(11)8-17(16)23-2/h3-5,7-9H,6H2,1-2H3. The van der Waals surface area contributed by atoms with Gasteiger partial charge >= 0.3 is 0 Å². The van der Waals surface area contributed by atoms with Crippen LogP contribution in [0.2, 0.25) is 10.0 Å². The SMILES string of the molecule is COc1cc2ncnc(Cc3ccc(Cl)c(Cl)c3)c2cc1OC. The molecular weight excluding hydrogens is 335 g/mol. The van der Waals surface area contributed by atoms with Crippen molar-refractivity contribution in [3.05, 3.63) is 58.0 Å². The number of halogens is 2. The van der Waals surface area contributed by atoms with Crippen LogP contribution in [0.1, 0.15) is 11.3 Å². The molecule has 0 radical (unpaired) electrons. The number of hydrogen-bond donors (Lipinski definition) is 0. The first kappa shape index (κ1) is 15.8. The molecule has 0 aliphatic heterocycles. The van der Waals surface area contributed by atoms with Crippen LogP contribution in [0, 0.1) is 0 Å². The fourth-order valence-corrected chi connectivity index (χ4v) is 2.74. The molecule has 0 amide bonds. The number of ether oxygens (including phenoxy) is 2. The highest BCUT2D eigenvalue weighted by Gasteiger charge is 2.11. The largest absolute Gasteiger partial charge is 0.493 e. The van der Waals surface area contributed by atoms with E-state index in [1.165, 1.54) is 0 Å². The fourth-order valence-electron chi connectivity index (χ4n) is 2.42. The van der Waals surface area contributed by atoms with Gasteiger partial charge < -0.3 is 9.47 Å². The maximum absolute atomic E-state index is 6.08. The van der Waals surface area contributed by atoms with E-state index in [-0.39, 0.29) is 0 Å². The topological polar surface area (TPSA) is 44.2 Å². The van der Waals surface area contributed by atoms with Crippen LogP contribution >= 0.6 is 23.2 Å². The minimum absolute atomic E-state index is 0.529. The monoisotopic (exact) mass is 348 g/mol. The van der Waals surface area contributed by atoms with Gasteiger partial charge in [-0.1, -0.05) is 29.3 Å².